The van der Waals surface area contributed by atoms with Gasteiger partial charge in [0, 0.05) is 12.1 Å². The Bertz CT molecular complexity index is 1120. The molecule has 1 aliphatic rings. The molecule has 186 valence electrons. The van der Waals surface area contributed by atoms with Crippen LogP contribution in [-0.4, -0.2) is 31.3 Å². The van der Waals surface area contributed by atoms with Crippen LogP contribution in [0.15, 0.2) is 42.5 Å². The Labute approximate surface area is 202 Å². The minimum absolute atomic E-state index is 0.0604. The summed E-state index contributed by atoms with van der Waals surface area (Å²) < 4.78 is 28.5. The summed E-state index contributed by atoms with van der Waals surface area (Å²) in [6, 6.07) is 13.1. The first-order valence-electron chi connectivity index (χ1n) is 11.1. The number of ether oxygens (including phenoxy) is 1. The fourth-order valence-corrected chi connectivity index (χ4v) is 3.98. The number of amides is 1. The number of fused-ring (bicyclic) bond motifs is 1. The predicted octanol–water partition coefficient (Wildman–Crippen LogP) is 5.45. The summed E-state index contributed by atoms with van der Waals surface area (Å²) in [6.45, 7) is 10.5. The highest BCUT2D eigenvalue weighted by Crippen LogP contribution is 2.40. The maximum Gasteiger partial charge on any atom is 0.415 e. The van der Waals surface area contributed by atoms with Crippen molar-refractivity contribution in [3.63, 3.8) is 0 Å². The third-order valence-electron chi connectivity index (χ3n) is 6.12. The Balaban J connectivity index is 0.000000945. The largest absolute Gasteiger partial charge is 0.508 e. The monoisotopic (exact) mass is 490 g/mol. The molecule has 9 heteroatoms. The van der Waals surface area contributed by atoms with E-state index in [-0.39, 0.29) is 17.3 Å². The number of carbonyl (C=O) groups excluding carboxylic acids is 1. The molecule has 0 bridgehead atoms. The lowest BCUT2D eigenvalue weighted by Crippen LogP contribution is -2.44. The molecule has 2 aromatic carbocycles. The third-order valence-corrected chi connectivity index (χ3v) is 6.12. The molecule has 0 aliphatic carbocycles. The van der Waals surface area contributed by atoms with E-state index < -0.39 is 22.2 Å². The fourth-order valence-electron chi connectivity index (χ4n) is 3.98. The van der Waals surface area contributed by atoms with Gasteiger partial charge in [0.15, 0.2) is 0 Å². The molecule has 0 aromatic heterocycles. The smallest absolute Gasteiger partial charge is 0.415 e. The first-order chi connectivity index (χ1) is 15.7. The molecule has 1 amide bonds. The number of aromatic hydroxyl groups is 1. The number of aliphatic hydroxyl groups excluding tert-OH is 1. The van der Waals surface area contributed by atoms with Gasteiger partial charge in [-0.1, -0.05) is 38.1 Å². The molecule has 1 unspecified atom stereocenters. The first-order valence-corrected chi connectivity index (χ1v) is 12.2. The standard InChI is InChI=1S/C25H33NO4.HNO2S/c1-17-16-18(10-11-21(17)27)22(28)12-13-24(2,3)14-15-26-20-9-7-6-8-19(20)25(4,5)30-23(26)29;1-4(2)3/h6-11,16,22,27-28H,12-15H2,1-5H3;1H. The molecule has 0 saturated heterocycles. The van der Waals surface area contributed by atoms with Crippen LogP contribution >= 0.6 is 0 Å². The van der Waals surface area contributed by atoms with Gasteiger partial charge >= 0.3 is 16.6 Å². The van der Waals surface area contributed by atoms with Gasteiger partial charge in [0.1, 0.15) is 11.4 Å². The van der Waals surface area contributed by atoms with Gasteiger partial charge in [-0.25, -0.2) is 4.79 Å². The van der Waals surface area contributed by atoms with Gasteiger partial charge in [-0.2, -0.15) is 13.2 Å². The van der Waals surface area contributed by atoms with Gasteiger partial charge in [0.2, 0.25) is 0 Å². The molecule has 3 N–H and O–H groups in total. The van der Waals surface area contributed by atoms with Gasteiger partial charge in [-0.05, 0) is 74.8 Å². The maximum atomic E-state index is 12.6. The molecule has 0 saturated carbocycles. The SMILES string of the molecule is Cc1cc(C(O)CCC(C)(C)CCN2C(=O)OC(C)(C)c3ccccc32)ccc1O.N=S(=O)=O. The number of aliphatic hydroxyl groups is 1. The number of phenols is 1. The van der Waals surface area contributed by atoms with Crippen molar-refractivity contribution in [1.82, 2.24) is 0 Å². The Morgan fingerprint density at radius 2 is 1.76 bits per heavy atom. The maximum absolute atomic E-state index is 12.6. The van der Waals surface area contributed by atoms with Crippen LogP contribution < -0.4 is 4.90 Å². The lowest BCUT2D eigenvalue weighted by Gasteiger charge is -2.39. The summed E-state index contributed by atoms with van der Waals surface area (Å²) in [7, 11) is -2.61. The van der Waals surface area contributed by atoms with E-state index in [2.05, 4.69) is 13.8 Å². The number of nitrogens with one attached hydrogen (secondary N) is 1. The summed E-state index contributed by atoms with van der Waals surface area (Å²) in [5.41, 5.74) is 2.81. The molecule has 3 rings (SSSR count). The van der Waals surface area contributed by atoms with Crippen molar-refractivity contribution >= 4 is 22.3 Å². The fraction of sp³-hybridized carbons (Fsp3) is 0.480. The zero-order chi connectivity index (χ0) is 25.7. The van der Waals surface area contributed by atoms with E-state index in [0.29, 0.717) is 13.0 Å². The van der Waals surface area contributed by atoms with Crippen LogP contribution in [0.5, 0.6) is 5.75 Å². The number of benzene rings is 2. The summed E-state index contributed by atoms with van der Waals surface area (Å²) in [5, 5.41) is 20.3. The number of phenolic OH excluding ortho intramolecular Hbond substituents is 1. The molecule has 1 aliphatic heterocycles. The summed E-state index contributed by atoms with van der Waals surface area (Å²) in [5.74, 6) is 0.239. The van der Waals surface area contributed by atoms with E-state index in [4.69, 9.17) is 17.9 Å². The number of carbonyl (C=O) groups is 1. The van der Waals surface area contributed by atoms with Crippen LogP contribution in [0.25, 0.3) is 0 Å². The van der Waals surface area contributed by atoms with E-state index in [1.54, 1.807) is 17.0 Å². The van der Waals surface area contributed by atoms with Crippen molar-refractivity contribution < 1.29 is 28.2 Å². The molecule has 0 spiro atoms. The van der Waals surface area contributed by atoms with Crippen molar-refractivity contribution in [3.8, 4) is 5.75 Å². The highest BCUT2D eigenvalue weighted by atomic mass is 32.2. The highest BCUT2D eigenvalue weighted by Gasteiger charge is 2.38. The van der Waals surface area contributed by atoms with Gasteiger partial charge < -0.3 is 14.9 Å². The average molecular weight is 491 g/mol. The van der Waals surface area contributed by atoms with Crippen molar-refractivity contribution in [1.29, 1.82) is 4.78 Å². The molecule has 8 nitrogen and oxygen atoms in total. The second-order valence-electron chi connectivity index (χ2n) is 9.80. The van der Waals surface area contributed by atoms with Crippen LogP contribution in [0.4, 0.5) is 10.5 Å². The number of para-hydroxylation sites is 1. The number of hydrogen-bond acceptors (Lipinski definition) is 7. The Morgan fingerprint density at radius 1 is 1.15 bits per heavy atom. The minimum atomic E-state index is -2.61. The number of rotatable bonds is 7. The van der Waals surface area contributed by atoms with Crippen molar-refractivity contribution in [2.24, 2.45) is 5.41 Å². The zero-order valence-electron chi connectivity index (χ0n) is 20.3. The second-order valence-corrected chi connectivity index (χ2v) is 10.3. The van der Waals surface area contributed by atoms with E-state index in [0.717, 1.165) is 35.2 Å². The number of nitrogens with zero attached hydrogens (tertiary/aromatic N) is 1. The topological polar surface area (TPSA) is 128 Å². The molecule has 34 heavy (non-hydrogen) atoms. The normalized spacial score (nSPS) is 15.5. The lowest BCUT2D eigenvalue weighted by molar-refractivity contribution is 0.0345. The summed E-state index contributed by atoms with van der Waals surface area (Å²) >= 11 is 0. The average Bonchev–Trinajstić information content (AvgIpc) is 2.73. The predicted molar refractivity (Wildman–Crippen MR) is 130 cm³/mol. The van der Waals surface area contributed by atoms with Crippen molar-refractivity contribution in [2.75, 3.05) is 11.4 Å². The van der Waals surface area contributed by atoms with Crippen LogP contribution in [0.3, 0.4) is 0 Å². The molecule has 0 fully saturated rings. The van der Waals surface area contributed by atoms with Gasteiger partial charge in [0.05, 0.1) is 11.8 Å². The highest BCUT2D eigenvalue weighted by molar-refractivity contribution is 7.60. The van der Waals surface area contributed by atoms with Crippen molar-refractivity contribution in [2.45, 2.75) is 65.6 Å². The van der Waals surface area contributed by atoms with Crippen LogP contribution in [0.2, 0.25) is 0 Å². The van der Waals surface area contributed by atoms with Crippen LogP contribution in [0.1, 0.15) is 69.8 Å². The molecular weight excluding hydrogens is 456 g/mol. The number of hydrogen-bond donors (Lipinski definition) is 3. The minimum Gasteiger partial charge on any atom is -0.508 e. The first kappa shape index (κ1) is 27.3. The van der Waals surface area contributed by atoms with E-state index in [9.17, 15) is 15.0 Å². The van der Waals surface area contributed by atoms with E-state index in [1.807, 2.05) is 51.1 Å². The molecule has 1 atom stereocenters. The van der Waals surface area contributed by atoms with Gasteiger partial charge in [-0.3, -0.25) is 4.90 Å². The molecular formula is C25H34N2O6S. The summed E-state index contributed by atoms with van der Waals surface area (Å²) in [4.78, 5) is 14.4. The zero-order valence-corrected chi connectivity index (χ0v) is 21.1. The second kappa shape index (κ2) is 11.0. The quantitative estimate of drug-likeness (QED) is 0.473. The van der Waals surface area contributed by atoms with Gasteiger partial charge in [0.25, 0.3) is 0 Å². The van der Waals surface area contributed by atoms with E-state index >= 15 is 0 Å². The third kappa shape index (κ3) is 7.30. The lowest BCUT2D eigenvalue weighted by atomic mass is 9.82. The van der Waals surface area contributed by atoms with Crippen LogP contribution in [-0.2, 0) is 20.8 Å². The number of cyclic esters (lactones) is 1. The number of anilines is 1. The number of aryl methyl sites for hydroxylation is 1. The summed E-state index contributed by atoms with van der Waals surface area (Å²) in [6.07, 6.45) is 1.33. The Kier molecular flexibility index (Phi) is 8.85. The van der Waals surface area contributed by atoms with E-state index in [1.165, 1.54) is 0 Å². The molecule has 1 heterocycles. The molecule has 0 radical (unpaired) electrons. The molecule has 2 aromatic rings. The van der Waals surface area contributed by atoms with Gasteiger partial charge in [-0.15, -0.1) is 0 Å². The Hall–Kier alpha value is -2.91. The Morgan fingerprint density at radius 3 is 2.38 bits per heavy atom. The van der Waals surface area contributed by atoms with Crippen molar-refractivity contribution in [3.05, 3.63) is 59.2 Å². The van der Waals surface area contributed by atoms with Crippen LogP contribution in [0, 0.1) is 17.1 Å².